The van der Waals surface area contributed by atoms with Gasteiger partial charge in [0.05, 0.1) is 7.11 Å². The van der Waals surface area contributed by atoms with Crippen LogP contribution in [0.15, 0.2) is 30.3 Å². The third-order valence-corrected chi connectivity index (χ3v) is 2.26. The number of hydrogen-bond donors (Lipinski definition) is 0. The smallest absolute Gasteiger partial charge is 0.161 e. The topological polar surface area (TPSA) is 26.3 Å². The van der Waals surface area contributed by atoms with E-state index in [0.717, 1.165) is 11.3 Å². The van der Waals surface area contributed by atoms with Crippen LogP contribution < -0.4 is 4.74 Å². The molecule has 1 aromatic rings. The average molecular weight is 218 g/mol. The van der Waals surface area contributed by atoms with Gasteiger partial charge < -0.3 is 4.74 Å². The van der Waals surface area contributed by atoms with Crippen molar-refractivity contribution >= 4 is 11.9 Å². The van der Waals surface area contributed by atoms with Crippen LogP contribution in [0.25, 0.3) is 6.08 Å². The van der Waals surface area contributed by atoms with Gasteiger partial charge in [-0.3, -0.25) is 4.79 Å². The molecule has 0 amide bonds. The van der Waals surface area contributed by atoms with Gasteiger partial charge in [0.25, 0.3) is 0 Å². The van der Waals surface area contributed by atoms with Gasteiger partial charge in [0.15, 0.2) is 5.78 Å². The van der Waals surface area contributed by atoms with Crippen molar-refractivity contribution in [3.05, 3.63) is 35.9 Å². The van der Waals surface area contributed by atoms with Crippen molar-refractivity contribution in [2.75, 3.05) is 7.11 Å². The highest BCUT2D eigenvalue weighted by Gasteiger charge is 2.17. The third kappa shape index (κ3) is 3.54. The van der Waals surface area contributed by atoms with Crippen LogP contribution in [-0.2, 0) is 4.79 Å². The zero-order chi connectivity index (χ0) is 12.2. The first-order valence-corrected chi connectivity index (χ1v) is 5.30. The normalized spacial score (nSPS) is 11.8. The molecule has 0 N–H and O–H groups in total. The molecule has 1 aromatic carbocycles. The van der Waals surface area contributed by atoms with Crippen LogP contribution >= 0.6 is 0 Å². The highest BCUT2D eigenvalue weighted by Crippen LogP contribution is 2.17. The van der Waals surface area contributed by atoms with Gasteiger partial charge >= 0.3 is 0 Å². The molecule has 0 aromatic heterocycles. The molecular weight excluding hydrogens is 200 g/mol. The fraction of sp³-hybridized carbons (Fsp3) is 0.357. The summed E-state index contributed by atoms with van der Waals surface area (Å²) in [6.07, 6.45) is 3.44. The molecule has 1 rings (SSSR count). The first-order chi connectivity index (χ1) is 7.43. The Morgan fingerprint density at radius 3 is 2.56 bits per heavy atom. The number of rotatable bonds is 3. The zero-order valence-corrected chi connectivity index (χ0v) is 10.3. The Morgan fingerprint density at radius 1 is 1.31 bits per heavy atom. The summed E-state index contributed by atoms with van der Waals surface area (Å²) in [6.45, 7) is 5.72. The summed E-state index contributed by atoms with van der Waals surface area (Å²) < 4.78 is 5.11. The molecule has 0 saturated carbocycles. The fourth-order valence-corrected chi connectivity index (χ4v) is 1.17. The highest BCUT2D eigenvalue weighted by atomic mass is 16.5. The molecular formula is C14H18O2. The SMILES string of the molecule is COc1cccc(/C=C\C(=O)C(C)(C)C)c1. The lowest BCUT2D eigenvalue weighted by Gasteiger charge is -2.12. The van der Waals surface area contributed by atoms with Crippen LogP contribution in [0.2, 0.25) is 0 Å². The van der Waals surface area contributed by atoms with Gasteiger partial charge in [-0.25, -0.2) is 0 Å². The Bertz CT molecular complexity index is 397. The Kier molecular flexibility index (Phi) is 3.88. The molecule has 0 aliphatic carbocycles. The molecule has 0 atom stereocenters. The molecule has 0 unspecified atom stereocenters. The summed E-state index contributed by atoms with van der Waals surface area (Å²) in [7, 11) is 1.63. The second-order valence-electron chi connectivity index (χ2n) is 4.72. The quantitative estimate of drug-likeness (QED) is 0.727. The Balaban J connectivity index is 2.80. The Labute approximate surface area is 96.9 Å². The van der Waals surface area contributed by atoms with Crippen LogP contribution in [0.4, 0.5) is 0 Å². The van der Waals surface area contributed by atoms with Gasteiger partial charge in [-0.05, 0) is 23.8 Å². The molecule has 16 heavy (non-hydrogen) atoms. The number of methoxy groups -OCH3 is 1. The molecule has 2 heteroatoms. The van der Waals surface area contributed by atoms with Crippen molar-refractivity contribution in [1.82, 2.24) is 0 Å². The fourth-order valence-electron chi connectivity index (χ4n) is 1.17. The van der Waals surface area contributed by atoms with Crippen LogP contribution in [0.5, 0.6) is 5.75 Å². The monoisotopic (exact) mass is 218 g/mol. The van der Waals surface area contributed by atoms with Crippen LogP contribution in [-0.4, -0.2) is 12.9 Å². The number of carbonyl (C=O) groups is 1. The minimum Gasteiger partial charge on any atom is -0.497 e. The van der Waals surface area contributed by atoms with Gasteiger partial charge in [-0.15, -0.1) is 0 Å². The van der Waals surface area contributed by atoms with E-state index in [1.807, 2.05) is 51.1 Å². The average Bonchev–Trinajstić information content (AvgIpc) is 2.25. The molecule has 0 aliphatic rings. The molecule has 0 heterocycles. The van der Waals surface area contributed by atoms with E-state index in [1.54, 1.807) is 13.2 Å². The van der Waals surface area contributed by atoms with E-state index in [2.05, 4.69) is 0 Å². The first kappa shape index (κ1) is 12.5. The molecule has 0 spiro atoms. The van der Waals surface area contributed by atoms with Crippen LogP contribution in [0, 0.1) is 5.41 Å². The maximum Gasteiger partial charge on any atom is 0.161 e. The second-order valence-corrected chi connectivity index (χ2v) is 4.72. The van der Waals surface area contributed by atoms with Crippen molar-refractivity contribution in [2.24, 2.45) is 5.41 Å². The molecule has 0 saturated heterocycles. The van der Waals surface area contributed by atoms with E-state index in [-0.39, 0.29) is 11.2 Å². The summed E-state index contributed by atoms with van der Waals surface area (Å²) in [4.78, 5) is 11.7. The second kappa shape index (κ2) is 4.97. The molecule has 0 aliphatic heterocycles. The minimum absolute atomic E-state index is 0.121. The lowest BCUT2D eigenvalue weighted by atomic mass is 9.90. The maximum absolute atomic E-state index is 11.7. The van der Waals surface area contributed by atoms with Gasteiger partial charge in [-0.1, -0.05) is 39.0 Å². The van der Waals surface area contributed by atoms with Crippen LogP contribution in [0.1, 0.15) is 26.3 Å². The van der Waals surface area contributed by atoms with E-state index in [1.165, 1.54) is 0 Å². The molecule has 0 fully saturated rings. The number of carbonyl (C=O) groups excluding carboxylic acids is 1. The van der Waals surface area contributed by atoms with E-state index >= 15 is 0 Å². The lowest BCUT2D eigenvalue weighted by Crippen LogP contribution is -2.17. The Morgan fingerprint density at radius 2 is 2.00 bits per heavy atom. The predicted molar refractivity (Wildman–Crippen MR) is 66.5 cm³/mol. The zero-order valence-electron chi connectivity index (χ0n) is 10.3. The predicted octanol–water partition coefficient (Wildman–Crippen LogP) is 3.32. The van der Waals surface area contributed by atoms with Crippen molar-refractivity contribution in [1.29, 1.82) is 0 Å². The minimum atomic E-state index is -0.324. The van der Waals surface area contributed by atoms with Gasteiger partial charge in [0.1, 0.15) is 5.75 Å². The standard InChI is InChI=1S/C14H18O2/c1-14(2,3)13(15)9-8-11-6-5-7-12(10-11)16-4/h5-10H,1-4H3/b9-8-. The summed E-state index contributed by atoms with van der Waals surface area (Å²) >= 11 is 0. The van der Waals surface area contributed by atoms with Crippen molar-refractivity contribution < 1.29 is 9.53 Å². The largest absolute Gasteiger partial charge is 0.497 e. The van der Waals surface area contributed by atoms with Crippen molar-refractivity contribution in [2.45, 2.75) is 20.8 Å². The molecule has 0 bridgehead atoms. The van der Waals surface area contributed by atoms with Gasteiger partial charge in [-0.2, -0.15) is 0 Å². The Hall–Kier alpha value is -1.57. The number of ether oxygens (including phenoxy) is 1. The third-order valence-electron chi connectivity index (χ3n) is 2.26. The number of hydrogen-bond acceptors (Lipinski definition) is 2. The summed E-state index contributed by atoms with van der Waals surface area (Å²) in [5, 5.41) is 0. The van der Waals surface area contributed by atoms with Gasteiger partial charge in [0.2, 0.25) is 0 Å². The van der Waals surface area contributed by atoms with E-state index in [0.29, 0.717) is 0 Å². The number of allylic oxidation sites excluding steroid dienone is 1. The summed E-state index contributed by atoms with van der Waals surface area (Å²) in [6, 6.07) is 7.62. The van der Waals surface area contributed by atoms with Crippen molar-refractivity contribution in [3.8, 4) is 5.75 Å². The van der Waals surface area contributed by atoms with Crippen molar-refractivity contribution in [3.63, 3.8) is 0 Å². The van der Waals surface area contributed by atoms with Gasteiger partial charge in [0, 0.05) is 5.41 Å². The molecule has 0 radical (unpaired) electrons. The number of benzene rings is 1. The lowest BCUT2D eigenvalue weighted by molar-refractivity contribution is -0.121. The molecule has 86 valence electrons. The highest BCUT2D eigenvalue weighted by molar-refractivity contribution is 5.97. The maximum atomic E-state index is 11.7. The van der Waals surface area contributed by atoms with E-state index in [4.69, 9.17) is 4.74 Å². The van der Waals surface area contributed by atoms with E-state index in [9.17, 15) is 4.79 Å². The molecule has 2 nitrogen and oxygen atoms in total. The summed E-state index contributed by atoms with van der Waals surface area (Å²) in [5.74, 6) is 0.917. The van der Waals surface area contributed by atoms with E-state index < -0.39 is 0 Å². The van der Waals surface area contributed by atoms with Crippen LogP contribution in [0.3, 0.4) is 0 Å². The number of ketones is 1. The summed E-state index contributed by atoms with van der Waals surface area (Å²) in [5.41, 5.74) is 0.645. The first-order valence-electron chi connectivity index (χ1n) is 5.30.